The van der Waals surface area contributed by atoms with Crippen LogP contribution in [-0.4, -0.2) is 25.2 Å². The van der Waals surface area contributed by atoms with Crippen molar-refractivity contribution in [1.29, 1.82) is 0 Å². The van der Waals surface area contributed by atoms with Gasteiger partial charge in [-0.2, -0.15) is 0 Å². The van der Waals surface area contributed by atoms with Crippen molar-refractivity contribution in [2.24, 2.45) is 0 Å². The molecule has 102 valence electrons. The third-order valence-electron chi connectivity index (χ3n) is 3.07. The summed E-state index contributed by atoms with van der Waals surface area (Å²) in [5.74, 6) is -0.149. The summed E-state index contributed by atoms with van der Waals surface area (Å²) in [5, 5.41) is 3.79. The Morgan fingerprint density at radius 3 is 2.74 bits per heavy atom. The number of rotatable bonds is 4. The number of hydrogen-bond donors (Lipinski definition) is 2. The zero-order valence-electron chi connectivity index (χ0n) is 11.3. The van der Waals surface area contributed by atoms with Crippen LogP contribution in [-0.2, 0) is 4.74 Å². The van der Waals surface area contributed by atoms with Crippen LogP contribution in [0.5, 0.6) is 0 Å². The Bertz CT molecular complexity index is 605. The fraction of sp³-hybridized carbons (Fsp3) is 0.357. The van der Waals surface area contributed by atoms with Crippen molar-refractivity contribution in [2.45, 2.75) is 19.4 Å². The van der Waals surface area contributed by atoms with Crippen molar-refractivity contribution < 1.29 is 9.53 Å². The highest BCUT2D eigenvalue weighted by atomic mass is 32.1. The van der Waals surface area contributed by atoms with Crippen LogP contribution in [0.15, 0.2) is 24.3 Å². The first-order valence-electron chi connectivity index (χ1n) is 6.05. The molecule has 3 N–H and O–H groups in total. The number of carbonyl (C=O) groups is 1. The van der Waals surface area contributed by atoms with Crippen LogP contribution in [0.3, 0.4) is 0 Å². The molecule has 0 saturated carbocycles. The first-order chi connectivity index (χ1) is 8.94. The van der Waals surface area contributed by atoms with Crippen molar-refractivity contribution in [2.75, 3.05) is 19.4 Å². The van der Waals surface area contributed by atoms with E-state index in [9.17, 15) is 4.79 Å². The van der Waals surface area contributed by atoms with Gasteiger partial charge in [0.15, 0.2) is 0 Å². The van der Waals surface area contributed by atoms with E-state index in [0.717, 1.165) is 10.1 Å². The fourth-order valence-electron chi connectivity index (χ4n) is 1.68. The Hall–Kier alpha value is -1.59. The number of nitrogens with two attached hydrogens (primary N) is 1. The summed E-state index contributed by atoms with van der Waals surface area (Å²) in [6.07, 6.45) is 0. The number of benzene rings is 1. The van der Waals surface area contributed by atoms with Gasteiger partial charge >= 0.3 is 0 Å². The highest BCUT2D eigenvalue weighted by Crippen LogP contribution is 2.33. The summed E-state index contributed by atoms with van der Waals surface area (Å²) in [4.78, 5) is 12.7. The van der Waals surface area contributed by atoms with Gasteiger partial charge in [-0.15, -0.1) is 11.3 Å². The molecule has 4 nitrogen and oxygen atoms in total. The van der Waals surface area contributed by atoms with Crippen LogP contribution in [0.25, 0.3) is 10.1 Å². The first-order valence-corrected chi connectivity index (χ1v) is 6.86. The monoisotopic (exact) mass is 278 g/mol. The molecular weight excluding hydrogens is 260 g/mol. The van der Waals surface area contributed by atoms with Gasteiger partial charge < -0.3 is 15.8 Å². The predicted molar refractivity (Wildman–Crippen MR) is 79.7 cm³/mol. The molecule has 0 aliphatic heterocycles. The zero-order valence-corrected chi connectivity index (χ0v) is 12.1. The maximum atomic E-state index is 12.2. The molecule has 0 spiro atoms. The number of amides is 1. The second-order valence-corrected chi connectivity index (χ2v) is 6.04. The molecule has 2 aromatic rings. The van der Waals surface area contributed by atoms with Crippen molar-refractivity contribution in [3.63, 3.8) is 0 Å². The average molecular weight is 278 g/mol. The maximum Gasteiger partial charge on any atom is 0.263 e. The first kappa shape index (κ1) is 13.8. The third-order valence-corrected chi connectivity index (χ3v) is 4.25. The molecule has 0 radical (unpaired) electrons. The molecule has 0 aliphatic rings. The molecule has 0 unspecified atom stereocenters. The number of methoxy groups -OCH3 is 1. The Balaban J connectivity index is 2.20. The minimum Gasteiger partial charge on any atom is -0.397 e. The van der Waals surface area contributed by atoms with Crippen molar-refractivity contribution in [1.82, 2.24) is 5.32 Å². The van der Waals surface area contributed by atoms with E-state index in [0.29, 0.717) is 17.1 Å². The smallest absolute Gasteiger partial charge is 0.263 e. The van der Waals surface area contributed by atoms with Gasteiger partial charge in [0.2, 0.25) is 0 Å². The van der Waals surface area contributed by atoms with Gasteiger partial charge in [-0.1, -0.05) is 18.2 Å². The SMILES string of the molecule is COC(C)(C)CNC(=O)c1sc2ccccc2c1N. The number of carbonyl (C=O) groups excluding carboxylic acids is 1. The minimum atomic E-state index is -0.388. The van der Waals surface area contributed by atoms with Gasteiger partial charge in [0.1, 0.15) is 4.88 Å². The predicted octanol–water partition coefficient (Wildman–Crippen LogP) is 2.64. The molecule has 0 saturated heterocycles. The molecule has 0 atom stereocenters. The Morgan fingerprint density at radius 1 is 1.42 bits per heavy atom. The summed E-state index contributed by atoms with van der Waals surface area (Å²) in [7, 11) is 1.62. The van der Waals surface area contributed by atoms with Gasteiger partial charge in [-0.3, -0.25) is 4.79 Å². The van der Waals surface area contributed by atoms with E-state index in [1.54, 1.807) is 7.11 Å². The van der Waals surface area contributed by atoms with Crippen LogP contribution in [0.1, 0.15) is 23.5 Å². The lowest BCUT2D eigenvalue weighted by Crippen LogP contribution is -2.39. The zero-order chi connectivity index (χ0) is 14.0. The lowest BCUT2D eigenvalue weighted by Gasteiger charge is -2.22. The molecule has 1 aromatic heterocycles. The Kier molecular flexibility index (Phi) is 3.78. The average Bonchev–Trinajstić information content (AvgIpc) is 2.74. The van der Waals surface area contributed by atoms with Crippen LogP contribution in [0.4, 0.5) is 5.69 Å². The van der Waals surface area contributed by atoms with E-state index in [1.807, 2.05) is 38.1 Å². The van der Waals surface area contributed by atoms with Gasteiger partial charge in [0.25, 0.3) is 5.91 Å². The van der Waals surface area contributed by atoms with E-state index in [4.69, 9.17) is 10.5 Å². The number of thiophene rings is 1. The molecule has 2 rings (SSSR count). The summed E-state index contributed by atoms with van der Waals surface area (Å²) in [6.45, 7) is 4.28. The molecule has 1 heterocycles. The van der Waals surface area contributed by atoms with E-state index in [1.165, 1.54) is 11.3 Å². The summed E-state index contributed by atoms with van der Waals surface area (Å²) < 4.78 is 6.29. The normalized spacial score (nSPS) is 11.7. The van der Waals surface area contributed by atoms with E-state index in [2.05, 4.69) is 5.32 Å². The number of ether oxygens (including phenoxy) is 1. The minimum absolute atomic E-state index is 0.149. The van der Waals surface area contributed by atoms with Crippen molar-refractivity contribution in [3.05, 3.63) is 29.1 Å². The fourth-order valence-corrected chi connectivity index (χ4v) is 2.72. The summed E-state index contributed by atoms with van der Waals surface area (Å²) in [6, 6.07) is 7.75. The van der Waals surface area contributed by atoms with Crippen LogP contribution in [0.2, 0.25) is 0 Å². The summed E-state index contributed by atoms with van der Waals surface area (Å²) >= 11 is 1.41. The Labute approximate surface area is 116 Å². The molecule has 19 heavy (non-hydrogen) atoms. The van der Waals surface area contributed by atoms with Gasteiger partial charge in [-0.05, 0) is 19.9 Å². The number of nitrogen functional groups attached to an aromatic ring is 1. The second kappa shape index (κ2) is 5.19. The van der Waals surface area contributed by atoms with Gasteiger partial charge in [-0.25, -0.2) is 0 Å². The topological polar surface area (TPSA) is 64.3 Å². The quantitative estimate of drug-likeness (QED) is 0.903. The van der Waals surface area contributed by atoms with Crippen LogP contribution in [0, 0.1) is 0 Å². The van der Waals surface area contributed by atoms with Crippen LogP contribution >= 0.6 is 11.3 Å². The highest BCUT2D eigenvalue weighted by Gasteiger charge is 2.20. The van der Waals surface area contributed by atoms with Crippen molar-refractivity contribution >= 4 is 33.0 Å². The van der Waals surface area contributed by atoms with E-state index < -0.39 is 0 Å². The number of fused-ring (bicyclic) bond motifs is 1. The number of hydrogen-bond acceptors (Lipinski definition) is 4. The number of anilines is 1. The third kappa shape index (κ3) is 2.88. The largest absolute Gasteiger partial charge is 0.397 e. The molecule has 0 bridgehead atoms. The molecule has 0 aliphatic carbocycles. The molecule has 0 fully saturated rings. The second-order valence-electron chi connectivity index (χ2n) is 4.99. The lowest BCUT2D eigenvalue weighted by atomic mass is 10.1. The van der Waals surface area contributed by atoms with E-state index in [-0.39, 0.29) is 11.5 Å². The van der Waals surface area contributed by atoms with Gasteiger partial charge in [0.05, 0.1) is 11.3 Å². The van der Waals surface area contributed by atoms with Gasteiger partial charge in [0, 0.05) is 23.7 Å². The summed E-state index contributed by atoms with van der Waals surface area (Å²) in [5.41, 5.74) is 6.19. The van der Waals surface area contributed by atoms with E-state index >= 15 is 0 Å². The molecule has 5 heteroatoms. The van der Waals surface area contributed by atoms with Crippen LogP contribution < -0.4 is 11.1 Å². The number of nitrogens with one attached hydrogen (secondary N) is 1. The Morgan fingerprint density at radius 2 is 2.11 bits per heavy atom. The molecular formula is C14H18N2O2S. The molecule has 1 amide bonds. The molecule has 1 aromatic carbocycles. The van der Waals surface area contributed by atoms with Crippen molar-refractivity contribution in [3.8, 4) is 0 Å². The standard InChI is InChI=1S/C14H18N2O2S/c1-14(2,18-3)8-16-13(17)12-11(15)9-6-4-5-7-10(9)19-12/h4-7H,8,15H2,1-3H3,(H,16,17). The lowest BCUT2D eigenvalue weighted by molar-refractivity contribution is 0.0229. The maximum absolute atomic E-state index is 12.2. The highest BCUT2D eigenvalue weighted by molar-refractivity contribution is 7.21.